The van der Waals surface area contributed by atoms with Gasteiger partial charge < -0.3 is 9.80 Å². The van der Waals surface area contributed by atoms with Gasteiger partial charge >= 0.3 is 0 Å². The molecule has 1 saturated heterocycles. The average Bonchev–Trinajstić information content (AvgIpc) is 3.00. The number of hydrogen-bond acceptors (Lipinski definition) is 5. The average molecular weight is 300 g/mol. The van der Waals surface area contributed by atoms with Gasteiger partial charge in [0.2, 0.25) is 0 Å². The number of piperazine rings is 1. The third-order valence-electron chi connectivity index (χ3n) is 4.09. The summed E-state index contributed by atoms with van der Waals surface area (Å²) in [6.45, 7) is 8.51. The van der Waals surface area contributed by atoms with Crippen LogP contribution in [0.5, 0.6) is 0 Å². The number of likely N-dealkylation sites (N-methyl/N-ethyl adjacent to an activating group) is 1. The molecule has 7 nitrogen and oxygen atoms in total. The van der Waals surface area contributed by atoms with Crippen LogP contribution in [0.4, 0.5) is 0 Å². The molecule has 116 valence electrons. The van der Waals surface area contributed by atoms with Crippen molar-refractivity contribution >= 4 is 5.91 Å². The molecular formula is C15H20N6O. The van der Waals surface area contributed by atoms with Crippen LogP contribution in [0, 0.1) is 6.92 Å². The number of carbonyl (C=O) groups is 1. The van der Waals surface area contributed by atoms with Gasteiger partial charge in [0.25, 0.3) is 5.91 Å². The molecule has 1 fully saturated rings. The molecule has 1 aliphatic heterocycles. The Labute approximate surface area is 129 Å². The summed E-state index contributed by atoms with van der Waals surface area (Å²) < 4.78 is 1.65. The monoisotopic (exact) mass is 300 g/mol. The summed E-state index contributed by atoms with van der Waals surface area (Å²) in [6.07, 6.45) is 0. The number of benzene rings is 1. The maximum atomic E-state index is 12.5. The summed E-state index contributed by atoms with van der Waals surface area (Å²) in [5.74, 6) is 0.811. The van der Waals surface area contributed by atoms with Crippen molar-refractivity contribution in [3.63, 3.8) is 0 Å². The molecule has 7 heteroatoms. The maximum Gasteiger partial charge on any atom is 0.253 e. The van der Waals surface area contributed by atoms with Gasteiger partial charge in [-0.05, 0) is 48.2 Å². The number of nitrogens with zero attached hydrogens (tertiary/aromatic N) is 6. The summed E-state index contributed by atoms with van der Waals surface area (Å²) >= 11 is 0. The van der Waals surface area contributed by atoms with E-state index in [1.807, 2.05) is 36.1 Å². The van der Waals surface area contributed by atoms with Crippen LogP contribution < -0.4 is 0 Å². The van der Waals surface area contributed by atoms with Gasteiger partial charge in [0.15, 0.2) is 5.82 Å². The fourth-order valence-electron chi connectivity index (χ4n) is 2.67. The lowest BCUT2D eigenvalue weighted by Gasteiger charge is -2.34. The van der Waals surface area contributed by atoms with E-state index in [9.17, 15) is 4.79 Å². The molecule has 1 aromatic heterocycles. The number of aryl methyl sites for hydroxylation is 1. The Bertz CT molecular complexity index is 642. The van der Waals surface area contributed by atoms with Crippen molar-refractivity contribution in [2.75, 3.05) is 32.7 Å². The zero-order valence-electron chi connectivity index (χ0n) is 12.9. The number of carbonyl (C=O) groups excluding carboxylic acids is 1. The molecule has 0 aliphatic carbocycles. The summed E-state index contributed by atoms with van der Waals surface area (Å²) in [5, 5.41) is 11.4. The molecule has 3 rings (SSSR count). The van der Waals surface area contributed by atoms with E-state index < -0.39 is 0 Å². The molecule has 22 heavy (non-hydrogen) atoms. The van der Waals surface area contributed by atoms with E-state index in [1.54, 1.807) is 4.68 Å². The van der Waals surface area contributed by atoms with E-state index in [0.717, 1.165) is 44.2 Å². The van der Waals surface area contributed by atoms with Gasteiger partial charge in [-0.15, -0.1) is 5.10 Å². The fourth-order valence-corrected chi connectivity index (χ4v) is 2.67. The topological polar surface area (TPSA) is 67.2 Å². The molecule has 2 heterocycles. The number of hydrogen-bond donors (Lipinski definition) is 0. The first-order chi connectivity index (χ1) is 10.7. The highest BCUT2D eigenvalue weighted by atomic mass is 16.2. The van der Waals surface area contributed by atoms with Crippen molar-refractivity contribution in [1.82, 2.24) is 30.0 Å². The predicted octanol–water partition coefficient (Wildman–Crippen LogP) is 0.748. The smallest absolute Gasteiger partial charge is 0.253 e. The van der Waals surface area contributed by atoms with Crippen LogP contribution in [-0.2, 0) is 0 Å². The van der Waals surface area contributed by atoms with E-state index in [1.165, 1.54) is 0 Å². The van der Waals surface area contributed by atoms with Gasteiger partial charge in [-0.2, -0.15) is 4.68 Å². The minimum absolute atomic E-state index is 0.0933. The second kappa shape index (κ2) is 6.23. The van der Waals surface area contributed by atoms with Crippen LogP contribution in [0.25, 0.3) is 5.69 Å². The largest absolute Gasteiger partial charge is 0.336 e. The third kappa shape index (κ3) is 2.85. The van der Waals surface area contributed by atoms with Crippen LogP contribution in [0.15, 0.2) is 24.3 Å². The molecule has 0 unspecified atom stereocenters. The lowest BCUT2D eigenvalue weighted by molar-refractivity contribution is 0.0643. The first-order valence-electron chi connectivity index (χ1n) is 7.56. The van der Waals surface area contributed by atoms with Crippen molar-refractivity contribution in [3.05, 3.63) is 35.7 Å². The first kappa shape index (κ1) is 14.6. The SMILES string of the molecule is CCN1CCN(C(=O)c2ccc(-n3nnnc3C)cc2)CC1. The van der Waals surface area contributed by atoms with E-state index >= 15 is 0 Å². The molecule has 0 bridgehead atoms. The Morgan fingerprint density at radius 3 is 2.36 bits per heavy atom. The molecule has 0 saturated carbocycles. The quantitative estimate of drug-likeness (QED) is 0.837. The minimum atomic E-state index is 0.0933. The lowest BCUT2D eigenvalue weighted by atomic mass is 10.1. The van der Waals surface area contributed by atoms with Crippen molar-refractivity contribution in [2.24, 2.45) is 0 Å². The van der Waals surface area contributed by atoms with E-state index in [-0.39, 0.29) is 5.91 Å². The lowest BCUT2D eigenvalue weighted by Crippen LogP contribution is -2.48. The highest BCUT2D eigenvalue weighted by Gasteiger charge is 2.21. The number of aromatic nitrogens is 4. The van der Waals surface area contributed by atoms with Gasteiger partial charge in [0.05, 0.1) is 5.69 Å². The van der Waals surface area contributed by atoms with Crippen LogP contribution >= 0.6 is 0 Å². The zero-order valence-corrected chi connectivity index (χ0v) is 12.9. The van der Waals surface area contributed by atoms with E-state index in [0.29, 0.717) is 5.56 Å². The van der Waals surface area contributed by atoms with E-state index in [4.69, 9.17) is 0 Å². The van der Waals surface area contributed by atoms with Gasteiger partial charge in [0, 0.05) is 31.7 Å². The van der Waals surface area contributed by atoms with Crippen molar-refractivity contribution in [2.45, 2.75) is 13.8 Å². The van der Waals surface area contributed by atoms with E-state index in [2.05, 4.69) is 27.3 Å². The second-order valence-electron chi connectivity index (χ2n) is 5.41. The third-order valence-corrected chi connectivity index (χ3v) is 4.09. The summed E-state index contributed by atoms with van der Waals surface area (Å²) in [4.78, 5) is 16.8. The molecule has 1 aromatic carbocycles. The highest BCUT2D eigenvalue weighted by Crippen LogP contribution is 2.13. The molecule has 0 spiro atoms. The Kier molecular flexibility index (Phi) is 4.15. The van der Waals surface area contributed by atoms with Crippen LogP contribution in [0.2, 0.25) is 0 Å². The van der Waals surface area contributed by atoms with Crippen molar-refractivity contribution in [3.8, 4) is 5.69 Å². The summed E-state index contributed by atoms with van der Waals surface area (Å²) in [7, 11) is 0. The minimum Gasteiger partial charge on any atom is -0.336 e. The standard InChI is InChI=1S/C15H20N6O/c1-3-19-8-10-20(11-9-19)15(22)13-4-6-14(7-5-13)21-12(2)16-17-18-21/h4-7H,3,8-11H2,1-2H3. The fraction of sp³-hybridized carbons (Fsp3) is 0.467. The molecule has 2 aromatic rings. The second-order valence-corrected chi connectivity index (χ2v) is 5.41. The molecule has 1 amide bonds. The Balaban J connectivity index is 1.70. The van der Waals surface area contributed by atoms with Gasteiger partial charge in [0.1, 0.15) is 0 Å². The zero-order chi connectivity index (χ0) is 15.5. The normalized spacial score (nSPS) is 16.0. The van der Waals surface area contributed by atoms with Crippen LogP contribution in [0.1, 0.15) is 23.1 Å². The number of rotatable bonds is 3. The number of tetrazole rings is 1. The van der Waals surface area contributed by atoms with Gasteiger partial charge in [-0.3, -0.25) is 4.79 Å². The number of amides is 1. The Hall–Kier alpha value is -2.28. The van der Waals surface area contributed by atoms with Crippen molar-refractivity contribution in [1.29, 1.82) is 0 Å². The highest BCUT2D eigenvalue weighted by molar-refractivity contribution is 5.94. The van der Waals surface area contributed by atoms with Crippen LogP contribution in [0.3, 0.4) is 0 Å². The van der Waals surface area contributed by atoms with Crippen LogP contribution in [-0.4, -0.2) is 68.6 Å². The van der Waals surface area contributed by atoms with Crippen molar-refractivity contribution < 1.29 is 4.79 Å². The summed E-state index contributed by atoms with van der Waals surface area (Å²) in [5.41, 5.74) is 1.56. The molecule has 1 aliphatic rings. The molecular weight excluding hydrogens is 280 g/mol. The maximum absolute atomic E-state index is 12.5. The Morgan fingerprint density at radius 1 is 1.14 bits per heavy atom. The molecule has 0 atom stereocenters. The van der Waals surface area contributed by atoms with Gasteiger partial charge in [-0.25, -0.2) is 0 Å². The Morgan fingerprint density at radius 2 is 1.82 bits per heavy atom. The predicted molar refractivity (Wildman–Crippen MR) is 81.9 cm³/mol. The van der Waals surface area contributed by atoms with Gasteiger partial charge in [-0.1, -0.05) is 6.92 Å². The molecule has 0 radical (unpaired) electrons. The summed E-state index contributed by atoms with van der Waals surface area (Å²) in [6, 6.07) is 7.42. The molecule has 0 N–H and O–H groups in total. The first-order valence-corrected chi connectivity index (χ1v) is 7.56.